The molecule has 2 amide bonds. The van der Waals surface area contributed by atoms with Crippen molar-refractivity contribution < 1.29 is 18.0 Å². The van der Waals surface area contributed by atoms with Gasteiger partial charge >= 0.3 is 0 Å². The van der Waals surface area contributed by atoms with Crippen LogP contribution in [0.1, 0.15) is 32.1 Å². The summed E-state index contributed by atoms with van der Waals surface area (Å²) in [7, 11) is -0.603. The summed E-state index contributed by atoms with van der Waals surface area (Å²) in [6, 6.07) is 6.40. The molecule has 0 unspecified atom stereocenters. The van der Waals surface area contributed by atoms with Crippen molar-refractivity contribution in [2.75, 3.05) is 45.2 Å². The molecule has 9 heteroatoms. The van der Waals surface area contributed by atoms with Crippen molar-refractivity contribution >= 4 is 27.5 Å². The predicted molar refractivity (Wildman–Crippen MR) is 114 cm³/mol. The van der Waals surface area contributed by atoms with Crippen LogP contribution in [0.4, 0.5) is 5.69 Å². The molecule has 1 aromatic rings. The maximum atomic E-state index is 13.4. The first-order valence-electron chi connectivity index (χ1n) is 10.7. The topological polar surface area (TPSA) is 81.2 Å². The van der Waals surface area contributed by atoms with Gasteiger partial charge in [-0.15, -0.1) is 0 Å². The molecule has 1 aromatic carbocycles. The SMILES string of the molecule is CN(C)C(=O)CN1C[C@H]2CC[C@H](C(=O)N3CCCCC3)N2c2ccccc2S1(=O)=O. The molecule has 0 aliphatic carbocycles. The van der Waals surface area contributed by atoms with E-state index in [-0.39, 0.29) is 41.9 Å². The molecule has 164 valence electrons. The summed E-state index contributed by atoms with van der Waals surface area (Å²) in [5, 5.41) is 0. The third kappa shape index (κ3) is 3.69. The van der Waals surface area contributed by atoms with Crippen LogP contribution >= 0.6 is 0 Å². The van der Waals surface area contributed by atoms with Crippen molar-refractivity contribution in [2.45, 2.75) is 49.1 Å². The second-order valence-corrected chi connectivity index (χ2v) is 10.5. The lowest BCUT2D eigenvalue weighted by atomic mass is 10.1. The van der Waals surface area contributed by atoms with Crippen LogP contribution in [0.3, 0.4) is 0 Å². The maximum Gasteiger partial charge on any atom is 0.245 e. The number of anilines is 1. The second-order valence-electron chi connectivity index (χ2n) is 8.59. The first-order valence-corrected chi connectivity index (χ1v) is 12.1. The molecular formula is C21H30N4O4S. The van der Waals surface area contributed by atoms with E-state index in [2.05, 4.69) is 0 Å². The summed E-state index contributed by atoms with van der Waals surface area (Å²) in [6.45, 7) is 1.56. The predicted octanol–water partition coefficient (Wildman–Crippen LogP) is 1.13. The number of likely N-dealkylation sites (N-methyl/N-ethyl adjacent to an activating group) is 1. The minimum Gasteiger partial charge on any atom is -0.354 e. The largest absolute Gasteiger partial charge is 0.354 e. The second kappa shape index (κ2) is 8.19. The number of carbonyl (C=O) groups excluding carboxylic acids is 2. The van der Waals surface area contributed by atoms with Crippen molar-refractivity contribution in [3.8, 4) is 0 Å². The molecule has 2 fully saturated rings. The van der Waals surface area contributed by atoms with E-state index in [1.807, 2.05) is 15.9 Å². The van der Waals surface area contributed by atoms with Crippen molar-refractivity contribution in [1.29, 1.82) is 0 Å². The molecule has 0 spiro atoms. The summed E-state index contributed by atoms with van der Waals surface area (Å²) < 4.78 is 28.1. The zero-order chi connectivity index (χ0) is 21.5. The van der Waals surface area contributed by atoms with Crippen LogP contribution in [-0.4, -0.2) is 86.7 Å². The van der Waals surface area contributed by atoms with E-state index in [0.717, 1.165) is 38.8 Å². The molecule has 8 nitrogen and oxygen atoms in total. The van der Waals surface area contributed by atoms with E-state index in [4.69, 9.17) is 0 Å². The van der Waals surface area contributed by atoms with Crippen molar-refractivity contribution in [2.24, 2.45) is 0 Å². The molecule has 0 radical (unpaired) electrons. The molecule has 3 aliphatic rings. The minimum atomic E-state index is -3.84. The normalized spacial score (nSPS) is 25.9. The highest BCUT2D eigenvalue weighted by Crippen LogP contribution is 2.40. The summed E-state index contributed by atoms with van der Waals surface area (Å²) in [5.41, 5.74) is 0.579. The van der Waals surface area contributed by atoms with Crippen LogP contribution in [0.5, 0.6) is 0 Å². The molecule has 4 rings (SSSR count). The van der Waals surface area contributed by atoms with Crippen LogP contribution in [0.15, 0.2) is 29.2 Å². The number of rotatable bonds is 3. The molecule has 0 bridgehead atoms. The average Bonchev–Trinajstić information content (AvgIpc) is 3.13. The highest BCUT2D eigenvalue weighted by atomic mass is 32.2. The van der Waals surface area contributed by atoms with E-state index in [9.17, 15) is 18.0 Å². The van der Waals surface area contributed by atoms with Gasteiger partial charge in [0.1, 0.15) is 10.9 Å². The van der Waals surface area contributed by atoms with Gasteiger partial charge in [-0.05, 0) is 44.2 Å². The standard InChI is InChI=1S/C21H30N4O4S/c1-22(2)20(26)15-24-14-16-10-11-18(21(27)23-12-6-3-7-13-23)25(16)17-8-4-5-9-19(17)30(24,28)29/h4-5,8-9,16,18H,3,6-7,10-15H2,1-2H3/t16-,18-/m1/s1. The number of nitrogens with zero attached hydrogens (tertiary/aromatic N) is 4. The van der Waals surface area contributed by atoms with Gasteiger partial charge in [0.15, 0.2) is 0 Å². The lowest BCUT2D eigenvalue weighted by molar-refractivity contribution is -0.133. The van der Waals surface area contributed by atoms with Crippen LogP contribution in [-0.2, 0) is 19.6 Å². The Morgan fingerprint density at radius 1 is 1.07 bits per heavy atom. The maximum absolute atomic E-state index is 13.4. The molecule has 3 heterocycles. The van der Waals surface area contributed by atoms with Gasteiger partial charge in [0, 0.05) is 39.8 Å². The van der Waals surface area contributed by atoms with Crippen LogP contribution in [0.2, 0.25) is 0 Å². The van der Waals surface area contributed by atoms with E-state index >= 15 is 0 Å². The number of likely N-dealkylation sites (tertiary alicyclic amines) is 1. The van der Waals surface area contributed by atoms with Gasteiger partial charge in [-0.1, -0.05) is 12.1 Å². The number of hydrogen-bond donors (Lipinski definition) is 0. The van der Waals surface area contributed by atoms with Gasteiger partial charge in [0.25, 0.3) is 0 Å². The Bertz CT molecular complexity index is 927. The Labute approximate surface area is 178 Å². The van der Waals surface area contributed by atoms with E-state index in [1.54, 1.807) is 32.3 Å². The number of piperidine rings is 1. The molecule has 3 aliphatic heterocycles. The van der Waals surface area contributed by atoms with Gasteiger partial charge in [0.2, 0.25) is 21.8 Å². The van der Waals surface area contributed by atoms with Gasteiger partial charge < -0.3 is 14.7 Å². The number of carbonyl (C=O) groups is 2. The molecule has 0 saturated carbocycles. The first-order chi connectivity index (χ1) is 14.3. The highest BCUT2D eigenvalue weighted by Gasteiger charge is 2.46. The molecule has 0 N–H and O–H groups in total. The Hall–Kier alpha value is -2.13. The summed E-state index contributed by atoms with van der Waals surface area (Å²) in [4.78, 5) is 31.2. The zero-order valence-electron chi connectivity index (χ0n) is 17.7. The van der Waals surface area contributed by atoms with Gasteiger partial charge in [-0.3, -0.25) is 9.59 Å². The van der Waals surface area contributed by atoms with E-state index in [1.165, 1.54) is 9.21 Å². The van der Waals surface area contributed by atoms with Crippen molar-refractivity contribution in [3.63, 3.8) is 0 Å². The first kappa shape index (κ1) is 21.1. The number of para-hydroxylation sites is 1. The van der Waals surface area contributed by atoms with Crippen LogP contribution < -0.4 is 4.90 Å². The smallest absolute Gasteiger partial charge is 0.245 e. The lowest BCUT2D eigenvalue weighted by Gasteiger charge is -2.35. The Balaban J connectivity index is 1.71. The lowest BCUT2D eigenvalue weighted by Crippen LogP contribution is -2.51. The number of fused-ring (bicyclic) bond motifs is 3. The molecule has 0 aromatic heterocycles. The third-order valence-electron chi connectivity index (χ3n) is 6.44. The van der Waals surface area contributed by atoms with Gasteiger partial charge in [0.05, 0.1) is 12.2 Å². The monoisotopic (exact) mass is 434 g/mol. The fraction of sp³-hybridized carbons (Fsp3) is 0.619. The third-order valence-corrected chi connectivity index (χ3v) is 8.30. The Morgan fingerprint density at radius 2 is 1.77 bits per heavy atom. The molecule has 2 saturated heterocycles. The summed E-state index contributed by atoms with van der Waals surface area (Å²) >= 11 is 0. The van der Waals surface area contributed by atoms with Gasteiger partial charge in [-0.2, -0.15) is 4.31 Å². The number of hydrogen-bond acceptors (Lipinski definition) is 5. The van der Waals surface area contributed by atoms with E-state index < -0.39 is 10.0 Å². The van der Waals surface area contributed by atoms with Crippen LogP contribution in [0.25, 0.3) is 0 Å². The average molecular weight is 435 g/mol. The number of sulfonamides is 1. The molecule has 2 atom stereocenters. The minimum absolute atomic E-state index is 0.0993. The molecular weight excluding hydrogens is 404 g/mol. The van der Waals surface area contributed by atoms with Crippen molar-refractivity contribution in [3.05, 3.63) is 24.3 Å². The quantitative estimate of drug-likeness (QED) is 0.712. The van der Waals surface area contributed by atoms with Crippen LogP contribution in [0, 0.1) is 0 Å². The molecule has 30 heavy (non-hydrogen) atoms. The fourth-order valence-corrected chi connectivity index (χ4v) is 6.41. The van der Waals surface area contributed by atoms with Gasteiger partial charge in [-0.25, -0.2) is 8.42 Å². The van der Waals surface area contributed by atoms with Crippen molar-refractivity contribution in [1.82, 2.24) is 14.1 Å². The number of benzene rings is 1. The highest BCUT2D eigenvalue weighted by molar-refractivity contribution is 7.89. The zero-order valence-corrected chi connectivity index (χ0v) is 18.5. The summed E-state index contributed by atoms with van der Waals surface area (Å²) in [6.07, 6.45) is 4.61. The Morgan fingerprint density at radius 3 is 2.47 bits per heavy atom. The summed E-state index contributed by atoms with van der Waals surface area (Å²) in [5.74, 6) is -0.161. The van der Waals surface area contributed by atoms with E-state index in [0.29, 0.717) is 12.1 Å². The fourth-order valence-electron chi connectivity index (χ4n) is 4.80. The number of amides is 2. The Kier molecular flexibility index (Phi) is 5.76.